The third-order valence-corrected chi connectivity index (χ3v) is 26.5. The molecular weight excluding hydrogens is 1560 g/mol. The van der Waals surface area contributed by atoms with E-state index in [0.717, 1.165) is 36.5 Å². The van der Waals surface area contributed by atoms with Crippen LogP contribution in [0.5, 0.6) is 0 Å². The van der Waals surface area contributed by atoms with E-state index < -0.39 is 6.10 Å². The van der Waals surface area contributed by atoms with Crippen LogP contribution >= 0.6 is 11.3 Å². The zero-order valence-corrected chi connectivity index (χ0v) is 71.1. The molecule has 2 aliphatic carbocycles. The van der Waals surface area contributed by atoms with Crippen LogP contribution in [0.2, 0.25) is 0 Å². The molecular formula is C105H124IrN3O2S-. The van der Waals surface area contributed by atoms with Gasteiger partial charge in [0.15, 0.2) is 0 Å². The van der Waals surface area contributed by atoms with Crippen LogP contribution in [0.25, 0.3) is 97.6 Å². The number of rotatable bonds is 42. The Kier molecular flexibility index (Phi) is 29.7. The summed E-state index contributed by atoms with van der Waals surface area (Å²) in [5.74, 6) is 0. The Morgan fingerprint density at radius 1 is 0.384 bits per heavy atom. The molecule has 7 heteroatoms. The number of fused-ring (bicyclic) bond motifs is 13. The van der Waals surface area contributed by atoms with Gasteiger partial charge < -0.3 is 24.3 Å². The fourth-order valence-corrected chi connectivity index (χ4v) is 20.7. The Labute approximate surface area is 688 Å². The molecule has 0 saturated carbocycles. The third kappa shape index (κ3) is 19.4. The van der Waals surface area contributed by atoms with Crippen LogP contribution in [0.15, 0.2) is 219 Å². The van der Waals surface area contributed by atoms with Crippen LogP contribution in [0.4, 0.5) is 0 Å². The first-order chi connectivity index (χ1) is 54.6. The van der Waals surface area contributed by atoms with Crippen LogP contribution in [-0.2, 0) is 44.0 Å². The maximum Gasteiger partial charge on any atom is 0.0564 e. The van der Waals surface area contributed by atoms with E-state index in [1.165, 1.54) is 297 Å². The summed E-state index contributed by atoms with van der Waals surface area (Å²) in [5.41, 5.74) is 24.4. The molecule has 5 nitrogen and oxygen atoms in total. The number of aryl methyl sites for hydroxylation is 4. The molecule has 587 valence electrons. The van der Waals surface area contributed by atoms with Crippen LogP contribution in [0.1, 0.15) is 266 Å². The fourth-order valence-electron chi connectivity index (χ4n) is 19.7. The Morgan fingerprint density at radius 3 is 1.14 bits per heavy atom. The van der Waals surface area contributed by atoms with Gasteiger partial charge in [-0.15, -0.1) is 23.6 Å². The second-order valence-electron chi connectivity index (χ2n) is 33.5. The first-order valence-electron chi connectivity index (χ1n) is 43.7. The number of hydrogen-bond acceptors (Lipinski definition) is 4. The van der Waals surface area contributed by atoms with Crippen molar-refractivity contribution in [2.24, 2.45) is 0 Å². The van der Waals surface area contributed by atoms with Gasteiger partial charge in [-0.05, 0) is 180 Å². The van der Waals surface area contributed by atoms with Crippen LogP contribution in [0.3, 0.4) is 0 Å². The quantitative estimate of drug-likeness (QED) is 0.0296. The maximum absolute atomic E-state index is 10.3. The van der Waals surface area contributed by atoms with E-state index in [1.807, 2.05) is 30.5 Å². The third-order valence-electron chi connectivity index (χ3n) is 25.4. The molecule has 0 aliphatic heterocycles. The van der Waals surface area contributed by atoms with Gasteiger partial charge in [0.05, 0.1) is 12.2 Å². The van der Waals surface area contributed by atoms with E-state index in [4.69, 9.17) is 0 Å². The van der Waals surface area contributed by atoms with Gasteiger partial charge >= 0.3 is 0 Å². The van der Waals surface area contributed by atoms with Crippen LogP contribution in [0, 0.1) is 19.9 Å². The summed E-state index contributed by atoms with van der Waals surface area (Å²) in [6, 6.07) is 83.9. The zero-order valence-electron chi connectivity index (χ0n) is 67.9. The molecule has 0 spiro atoms. The van der Waals surface area contributed by atoms with Crippen molar-refractivity contribution in [1.82, 2.24) is 14.1 Å². The van der Waals surface area contributed by atoms with Crippen LogP contribution in [-0.4, -0.2) is 36.5 Å². The number of benzene rings is 9. The summed E-state index contributed by atoms with van der Waals surface area (Å²) in [4.78, 5) is 5.43. The summed E-state index contributed by atoms with van der Waals surface area (Å²) in [6.07, 6.45) is 43.0. The molecule has 2 N–H and O–H groups in total. The molecule has 4 aromatic heterocycles. The van der Waals surface area contributed by atoms with Crippen molar-refractivity contribution in [3.8, 4) is 44.0 Å². The van der Waals surface area contributed by atoms with E-state index in [-0.39, 0.29) is 37.0 Å². The molecule has 9 aromatic carbocycles. The molecule has 3 unspecified atom stereocenters. The van der Waals surface area contributed by atoms with Crippen molar-refractivity contribution in [1.29, 1.82) is 0 Å². The molecule has 112 heavy (non-hydrogen) atoms. The van der Waals surface area contributed by atoms with Crippen molar-refractivity contribution in [2.75, 3.05) is 0 Å². The molecule has 2 aliphatic rings. The SMILES string of the molecule is CCCCCCC1(CCCCCCCCCCC(O)CC(C)O)c2cc(C)ccc2-c2ccc(-c3ccc4c(c3)C(CCCCCCCCCCn3c5ccccc5c5ccccc53)(CCCCCCCCCCn3c5ccccc5c5ccccc53)c3cc(C)ccc3-4)cc21.[Ir].[c-]1c(-c2ccccn2)sc2ccccc12. The first-order valence-corrected chi connectivity index (χ1v) is 44.6. The average molecular weight is 1680 g/mol. The van der Waals surface area contributed by atoms with E-state index in [0.29, 0.717) is 6.42 Å². The minimum absolute atomic E-state index is 0. The summed E-state index contributed by atoms with van der Waals surface area (Å²) in [6.45, 7) is 11.0. The summed E-state index contributed by atoms with van der Waals surface area (Å²) in [7, 11) is 0. The predicted molar refractivity (Wildman–Crippen MR) is 477 cm³/mol. The maximum atomic E-state index is 10.3. The van der Waals surface area contributed by atoms with Crippen molar-refractivity contribution in [3.63, 3.8) is 0 Å². The molecule has 0 amide bonds. The Bertz CT molecular complexity index is 4860. The fraction of sp³-hybridized carbons (Fsp3) is 0.419. The van der Waals surface area contributed by atoms with Gasteiger partial charge in [-0.3, -0.25) is 0 Å². The van der Waals surface area contributed by atoms with Gasteiger partial charge in [0, 0.05) is 99.5 Å². The number of aromatic nitrogens is 3. The Morgan fingerprint density at radius 2 is 0.741 bits per heavy atom. The summed E-state index contributed by atoms with van der Waals surface area (Å²) < 4.78 is 6.40. The first kappa shape index (κ1) is 82.2. The molecule has 0 saturated heterocycles. The Balaban J connectivity index is 0.000000608. The number of para-hydroxylation sites is 4. The summed E-state index contributed by atoms with van der Waals surface area (Å²) in [5, 5.41) is 26.7. The number of aliphatic hydroxyl groups excluding tert-OH is 2. The zero-order chi connectivity index (χ0) is 76.2. The number of hydrogen-bond donors (Lipinski definition) is 2. The molecule has 0 bridgehead atoms. The number of nitrogens with zero attached hydrogens (tertiary/aromatic N) is 3. The molecule has 15 rings (SSSR count). The van der Waals surface area contributed by atoms with Gasteiger partial charge in [-0.25, -0.2) is 11.3 Å². The number of pyridine rings is 1. The van der Waals surface area contributed by atoms with Crippen molar-refractivity contribution >= 4 is 65.0 Å². The van der Waals surface area contributed by atoms with Gasteiger partial charge in [-0.1, -0.05) is 343 Å². The second-order valence-corrected chi connectivity index (χ2v) is 34.5. The normalized spacial score (nSPS) is 14.5. The van der Waals surface area contributed by atoms with Crippen LogP contribution < -0.4 is 0 Å². The number of aliphatic hydroxyl groups is 2. The molecule has 3 atom stereocenters. The number of thiophene rings is 1. The second kappa shape index (κ2) is 40.5. The topological polar surface area (TPSA) is 63.2 Å². The van der Waals surface area contributed by atoms with Gasteiger partial charge in [0.1, 0.15) is 0 Å². The van der Waals surface area contributed by atoms with Crippen molar-refractivity contribution in [2.45, 2.75) is 282 Å². The van der Waals surface area contributed by atoms with Gasteiger partial charge in [-0.2, -0.15) is 0 Å². The van der Waals surface area contributed by atoms with E-state index in [2.05, 4.69) is 229 Å². The van der Waals surface area contributed by atoms with E-state index >= 15 is 0 Å². The van der Waals surface area contributed by atoms with Gasteiger partial charge in [0.25, 0.3) is 0 Å². The smallest absolute Gasteiger partial charge is 0.0564 e. The van der Waals surface area contributed by atoms with E-state index in [1.54, 1.807) is 40.5 Å². The molecule has 4 heterocycles. The molecule has 0 fully saturated rings. The largest absolute Gasteiger partial charge is 0.393 e. The predicted octanol–water partition coefficient (Wildman–Crippen LogP) is 29.9. The standard InChI is InChI=1S/C92H116N2O2.C13H8NS.Ir/c1-5-6-7-35-58-91(59-36-21-15-9-8-14-20-26-41-74(96)66-71(4)95)83-64-69(2)50-54-75(83)77-56-52-72(67-85(77)91)73-53-57-78-76-55-51-70(3)65-84(76)92(86(78)68-73,60-37-22-16-10-12-18-24-39-62-93-87-46-31-27-42-79(87)80-43-28-32-47-88(80)93)61-38-23-17-11-13-19-25-40-63-94-89-48-33-29-44-81(89)82-45-30-34-49-90(82)94;1-2-7-12-10(5-1)9-13(15-12)11-6-3-4-8-14-11;/h27-34,42-57,64-65,67-68,71,74,95-96H,5-26,35-41,58-63,66H2,1-4H3;1-8H;/q;-1;. The monoisotopic (exact) mass is 1680 g/mol. The summed E-state index contributed by atoms with van der Waals surface area (Å²) >= 11 is 1.73. The average Bonchev–Trinajstić information content (AvgIpc) is 1.55. The van der Waals surface area contributed by atoms with Crippen molar-refractivity contribution < 1.29 is 30.3 Å². The van der Waals surface area contributed by atoms with E-state index in [9.17, 15) is 10.2 Å². The molecule has 1 radical (unpaired) electrons. The molecule has 13 aromatic rings. The minimum atomic E-state index is -0.428. The Hall–Kier alpha value is -7.74. The van der Waals surface area contributed by atoms with Gasteiger partial charge in [0.2, 0.25) is 0 Å². The number of unbranched alkanes of at least 4 members (excludes halogenated alkanes) is 24. The minimum Gasteiger partial charge on any atom is -0.393 e. The van der Waals surface area contributed by atoms with Crippen molar-refractivity contribution in [3.05, 3.63) is 258 Å².